The number of nitrogens with zero attached hydrogens (tertiary/aromatic N) is 5. The molecule has 3 aromatic heterocycles. The highest BCUT2D eigenvalue weighted by atomic mass is 19.1. The Morgan fingerprint density at radius 1 is 1.10 bits per heavy atom. The van der Waals surface area contributed by atoms with Crippen LogP contribution in [0, 0.1) is 28.8 Å². The molecular weight excluding hydrogens is 395 g/mol. The molecule has 30 heavy (non-hydrogen) atoms. The third-order valence-electron chi connectivity index (χ3n) is 4.55. The van der Waals surface area contributed by atoms with Gasteiger partial charge < -0.3 is 5.11 Å². The lowest BCUT2D eigenvalue weighted by Gasteiger charge is -2.17. The van der Waals surface area contributed by atoms with E-state index in [-0.39, 0.29) is 33.9 Å². The van der Waals surface area contributed by atoms with E-state index in [1.54, 1.807) is 0 Å². The summed E-state index contributed by atoms with van der Waals surface area (Å²) in [6.45, 7) is 2.80. The Balaban J connectivity index is 1.91. The molecule has 6 nitrogen and oxygen atoms in total. The van der Waals surface area contributed by atoms with Gasteiger partial charge in [0.1, 0.15) is 35.0 Å². The molecule has 0 spiro atoms. The second kappa shape index (κ2) is 6.93. The third kappa shape index (κ3) is 3.17. The maximum Gasteiger partial charge on any atom is 0.190 e. The number of aliphatic hydroxyl groups is 1. The largest absolute Gasteiger partial charge is 0.384 e. The molecule has 0 radical (unpaired) electrons. The van der Waals surface area contributed by atoms with E-state index in [2.05, 4.69) is 15.0 Å². The van der Waals surface area contributed by atoms with E-state index in [4.69, 9.17) is 0 Å². The second-order valence-electron chi connectivity index (χ2n) is 7.13. The molecule has 1 aromatic carbocycles. The van der Waals surface area contributed by atoms with Gasteiger partial charge >= 0.3 is 0 Å². The first-order valence-electron chi connectivity index (χ1n) is 8.82. The predicted molar refractivity (Wildman–Crippen MR) is 101 cm³/mol. The molecule has 0 aliphatic heterocycles. The van der Waals surface area contributed by atoms with Crippen LogP contribution in [0.1, 0.15) is 25.1 Å². The summed E-state index contributed by atoms with van der Waals surface area (Å²) in [6.07, 6.45) is 2.61. The summed E-state index contributed by atoms with van der Waals surface area (Å²) in [6, 6.07) is 7.73. The van der Waals surface area contributed by atoms with E-state index >= 15 is 0 Å². The Hall–Kier alpha value is -3.77. The SMILES string of the molecule is CC(C)(O)c1ncn2c(-c3ccc(F)c(-c4cc(F)ccc4C#N)n3)cnc2c1F. The normalized spacial score (nSPS) is 11.6. The average molecular weight is 409 g/mol. The number of benzene rings is 1. The minimum atomic E-state index is -1.51. The van der Waals surface area contributed by atoms with Gasteiger partial charge in [-0.2, -0.15) is 5.26 Å². The van der Waals surface area contributed by atoms with Gasteiger partial charge in [0.2, 0.25) is 0 Å². The van der Waals surface area contributed by atoms with Crippen molar-refractivity contribution in [1.29, 1.82) is 5.26 Å². The van der Waals surface area contributed by atoms with Crippen LogP contribution in [-0.4, -0.2) is 24.5 Å². The van der Waals surface area contributed by atoms with E-state index in [9.17, 15) is 23.5 Å². The molecule has 150 valence electrons. The van der Waals surface area contributed by atoms with Crippen molar-refractivity contribution in [2.24, 2.45) is 0 Å². The van der Waals surface area contributed by atoms with Crippen LogP contribution in [0.4, 0.5) is 13.2 Å². The maximum atomic E-state index is 14.8. The number of halogens is 3. The molecule has 0 unspecified atom stereocenters. The van der Waals surface area contributed by atoms with Gasteiger partial charge in [-0.3, -0.25) is 4.40 Å². The molecule has 0 aliphatic rings. The van der Waals surface area contributed by atoms with Crippen molar-refractivity contribution < 1.29 is 18.3 Å². The molecule has 0 aliphatic carbocycles. The Labute approximate surface area is 168 Å². The molecule has 1 N–H and O–H groups in total. The van der Waals surface area contributed by atoms with Crippen molar-refractivity contribution in [3.63, 3.8) is 0 Å². The quantitative estimate of drug-likeness (QED) is 0.553. The molecule has 0 saturated carbocycles. The van der Waals surface area contributed by atoms with E-state index in [0.717, 1.165) is 18.2 Å². The van der Waals surface area contributed by atoms with Crippen molar-refractivity contribution in [2.75, 3.05) is 0 Å². The monoisotopic (exact) mass is 409 g/mol. The standard InChI is InChI=1S/C21H14F3N5O/c1-21(2,30)19-17(24)20-26-9-16(29(20)10-27-19)15-6-5-14(23)18(28-15)13-7-12(22)4-3-11(13)8-25/h3-7,9-10,30H,1-2H3. The molecule has 0 saturated heterocycles. The van der Waals surface area contributed by atoms with E-state index in [1.807, 2.05) is 6.07 Å². The minimum absolute atomic E-state index is 0.000655. The van der Waals surface area contributed by atoms with E-state index < -0.39 is 23.1 Å². The summed E-state index contributed by atoms with van der Waals surface area (Å²) >= 11 is 0. The van der Waals surface area contributed by atoms with Crippen LogP contribution in [0.2, 0.25) is 0 Å². The molecule has 4 aromatic rings. The lowest BCUT2D eigenvalue weighted by Crippen LogP contribution is -2.20. The van der Waals surface area contributed by atoms with Crippen molar-refractivity contribution in [3.05, 3.63) is 71.6 Å². The topological polar surface area (TPSA) is 87.1 Å². The van der Waals surface area contributed by atoms with Crippen molar-refractivity contribution in [1.82, 2.24) is 19.4 Å². The van der Waals surface area contributed by atoms with Gasteiger partial charge in [-0.25, -0.2) is 28.1 Å². The van der Waals surface area contributed by atoms with Gasteiger partial charge in [0.15, 0.2) is 11.5 Å². The summed E-state index contributed by atoms with van der Waals surface area (Å²) in [5.74, 6) is -2.19. The number of rotatable bonds is 3. The van der Waals surface area contributed by atoms with Crippen LogP contribution in [0.3, 0.4) is 0 Å². The van der Waals surface area contributed by atoms with Gasteiger partial charge in [0, 0.05) is 5.56 Å². The highest BCUT2D eigenvalue weighted by Crippen LogP contribution is 2.30. The highest BCUT2D eigenvalue weighted by molar-refractivity contribution is 5.71. The van der Waals surface area contributed by atoms with Crippen molar-refractivity contribution in [2.45, 2.75) is 19.4 Å². The summed E-state index contributed by atoms with van der Waals surface area (Å²) < 4.78 is 44.3. The highest BCUT2D eigenvalue weighted by Gasteiger charge is 2.26. The summed E-state index contributed by atoms with van der Waals surface area (Å²) in [5, 5.41) is 19.3. The molecule has 3 heterocycles. The number of aromatic nitrogens is 4. The van der Waals surface area contributed by atoms with Crippen LogP contribution in [0.25, 0.3) is 28.3 Å². The van der Waals surface area contributed by atoms with Crippen molar-refractivity contribution >= 4 is 5.65 Å². The zero-order chi connectivity index (χ0) is 21.6. The van der Waals surface area contributed by atoms with Gasteiger partial charge in [0.05, 0.1) is 29.2 Å². The molecule has 0 bridgehead atoms. The fourth-order valence-corrected chi connectivity index (χ4v) is 3.12. The zero-order valence-corrected chi connectivity index (χ0v) is 15.9. The molecule has 0 atom stereocenters. The molecular formula is C21H14F3N5O. The van der Waals surface area contributed by atoms with Crippen LogP contribution in [0.5, 0.6) is 0 Å². The first-order valence-corrected chi connectivity index (χ1v) is 8.82. The summed E-state index contributed by atoms with van der Waals surface area (Å²) in [7, 11) is 0. The third-order valence-corrected chi connectivity index (χ3v) is 4.55. The van der Waals surface area contributed by atoms with Crippen molar-refractivity contribution in [3.8, 4) is 28.7 Å². The number of pyridine rings is 1. The smallest absolute Gasteiger partial charge is 0.190 e. The number of hydrogen-bond donors (Lipinski definition) is 1. The Bertz CT molecular complexity index is 1340. The molecule has 4 rings (SSSR count). The van der Waals surface area contributed by atoms with Crippen LogP contribution in [0.15, 0.2) is 42.9 Å². The first kappa shape index (κ1) is 19.5. The summed E-state index contributed by atoms with van der Waals surface area (Å²) in [5.41, 5.74) is -1.42. The fraction of sp³-hybridized carbons (Fsp3) is 0.143. The Kier molecular flexibility index (Phi) is 4.51. The number of imidazole rings is 1. The zero-order valence-electron chi connectivity index (χ0n) is 15.9. The lowest BCUT2D eigenvalue weighted by atomic mass is 10.0. The Morgan fingerprint density at radius 2 is 1.87 bits per heavy atom. The minimum Gasteiger partial charge on any atom is -0.384 e. The van der Waals surface area contributed by atoms with Gasteiger partial charge in [0.25, 0.3) is 0 Å². The van der Waals surface area contributed by atoms with Gasteiger partial charge in [-0.15, -0.1) is 0 Å². The Morgan fingerprint density at radius 3 is 2.57 bits per heavy atom. The predicted octanol–water partition coefficient (Wildman–Crippen LogP) is 3.97. The average Bonchev–Trinajstić information content (AvgIpc) is 3.13. The molecule has 0 amide bonds. The van der Waals surface area contributed by atoms with Crippen LogP contribution < -0.4 is 0 Å². The maximum absolute atomic E-state index is 14.8. The lowest BCUT2D eigenvalue weighted by molar-refractivity contribution is 0.0694. The van der Waals surface area contributed by atoms with Gasteiger partial charge in [-0.05, 0) is 44.2 Å². The van der Waals surface area contributed by atoms with E-state index in [0.29, 0.717) is 5.69 Å². The molecule has 0 fully saturated rings. The first-order chi connectivity index (χ1) is 14.2. The van der Waals surface area contributed by atoms with Crippen LogP contribution in [-0.2, 0) is 5.60 Å². The number of fused-ring (bicyclic) bond motifs is 1. The van der Waals surface area contributed by atoms with Crippen LogP contribution >= 0.6 is 0 Å². The van der Waals surface area contributed by atoms with Gasteiger partial charge in [-0.1, -0.05) is 0 Å². The van der Waals surface area contributed by atoms with E-state index in [1.165, 1.54) is 42.9 Å². The number of hydrogen-bond acceptors (Lipinski definition) is 5. The fourth-order valence-electron chi connectivity index (χ4n) is 3.12. The summed E-state index contributed by atoms with van der Waals surface area (Å²) in [4.78, 5) is 12.2. The second-order valence-corrected chi connectivity index (χ2v) is 7.13. The molecule has 9 heteroatoms. The number of nitriles is 1.